The lowest BCUT2D eigenvalue weighted by atomic mass is 10.1. The number of hydrogen-bond acceptors (Lipinski definition) is 4. The number of likely N-dealkylation sites (tertiary alicyclic amines) is 1. The molecule has 1 aromatic heterocycles. The van der Waals surface area contributed by atoms with Crippen LogP contribution in [-0.4, -0.2) is 40.5 Å². The maximum absolute atomic E-state index is 4.26. The Hall–Kier alpha value is -1.00. The Bertz CT molecular complexity index is 293. The third kappa shape index (κ3) is 3.25. The van der Waals surface area contributed by atoms with E-state index in [4.69, 9.17) is 0 Å². The van der Waals surface area contributed by atoms with Gasteiger partial charge < -0.3 is 5.32 Å². The highest BCUT2D eigenvalue weighted by Crippen LogP contribution is 2.11. The molecule has 0 spiro atoms. The Morgan fingerprint density at radius 1 is 1.31 bits per heavy atom. The number of nitrogens with one attached hydrogen (secondary N) is 1. The molecule has 4 heteroatoms. The van der Waals surface area contributed by atoms with E-state index in [0.717, 1.165) is 32.0 Å². The SMILES string of the molecule is CCNC1CCN(Cc2ncccn2)CC1. The summed E-state index contributed by atoms with van der Waals surface area (Å²) < 4.78 is 0. The molecule has 16 heavy (non-hydrogen) atoms. The molecule has 4 nitrogen and oxygen atoms in total. The molecule has 1 aromatic rings. The van der Waals surface area contributed by atoms with E-state index in [0.29, 0.717) is 6.04 Å². The predicted molar refractivity (Wildman–Crippen MR) is 64.0 cm³/mol. The third-order valence-electron chi connectivity index (χ3n) is 3.06. The van der Waals surface area contributed by atoms with Crippen LogP contribution < -0.4 is 5.32 Å². The first-order valence-electron chi connectivity index (χ1n) is 6.10. The van der Waals surface area contributed by atoms with E-state index in [1.54, 1.807) is 0 Å². The first-order valence-corrected chi connectivity index (χ1v) is 6.10. The van der Waals surface area contributed by atoms with Crippen molar-refractivity contribution in [2.24, 2.45) is 0 Å². The van der Waals surface area contributed by atoms with Gasteiger partial charge in [-0.05, 0) is 25.5 Å². The Labute approximate surface area is 97.1 Å². The summed E-state index contributed by atoms with van der Waals surface area (Å²) in [5, 5.41) is 3.51. The topological polar surface area (TPSA) is 41.0 Å². The number of piperidine rings is 1. The van der Waals surface area contributed by atoms with E-state index < -0.39 is 0 Å². The fourth-order valence-corrected chi connectivity index (χ4v) is 2.20. The second-order valence-electron chi connectivity index (χ2n) is 4.27. The van der Waals surface area contributed by atoms with Crippen molar-refractivity contribution in [3.05, 3.63) is 24.3 Å². The Morgan fingerprint density at radius 3 is 2.62 bits per heavy atom. The quantitative estimate of drug-likeness (QED) is 0.823. The van der Waals surface area contributed by atoms with Gasteiger partial charge in [0, 0.05) is 31.5 Å². The van der Waals surface area contributed by atoms with Crippen molar-refractivity contribution in [3.8, 4) is 0 Å². The number of rotatable bonds is 4. The molecule has 2 rings (SSSR count). The highest BCUT2D eigenvalue weighted by Gasteiger charge is 2.18. The summed E-state index contributed by atoms with van der Waals surface area (Å²) in [6.07, 6.45) is 6.10. The van der Waals surface area contributed by atoms with Crippen LogP contribution in [0.2, 0.25) is 0 Å². The van der Waals surface area contributed by atoms with E-state index in [9.17, 15) is 0 Å². The van der Waals surface area contributed by atoms with Crippen LogP contribution in [0.1, 0.15) is 25.6 Å². The highest BCUT2D eigenvalue weighted by molar-refractivity contribution is 4.89. The van der Waals surface area contributed by atoms with Gasteiger partial charge in [-0.25, -0.2) is 9.97 Å². The van der Waals surface area contributed by atoms with E-state index in [1.807, 2.05) is 18.5 Å². The molecule has 0 saturated carbocycles. The minimum absolute atomic E-state index is 0.706. The second kappa shape index (κ2) is 5.92. The molecule has 1 aliphatic heterocycles. The molecular formula is C12H20N4. The van der Waals surface area contributed by atoms with Gasteiger partial charge >= 0.3 is 0 Å². The molecule has 1 saturated heterocycles. The van der Waals surface area contributed by atoms with Gasteiger partial charge in [-0.1, -0.05) is 6.92 Å². The fourth-order valence-electron chi connectivity index (χ4n) is 2.20. The van der Waals surface area contributed by atoms with Gasteiger partial charge in [0.15, 0.2) is 0 Å². The Balaban J connectivity index is 1.77. The molecule has 0 unspecified atom stereocenters. The lowest BCUT2D eigenvalue weighted by Crippen LogP contribution is -2.42. The maximum atomic E-state index is 4.26. The molecule has 0 bridgehead atoms. The standard InChI is InChI=1S/C12H20N4/c1-2-13-11-4-8-16(9-5-11)10-12-14-6-3-7-15-12/h3,6-7,11,13H,2,4-5,8-10H2,1H3. The zero-order chi connectivity index (χ0) is 11.2. The molecule has 0 radical (unpaired) electrons. The summed E-state index contributed by atoms with van der Waals surface area (Å²) >= 11 is 0. The van der Waals surface area contributed by atoms with E-state index in [1.165, 1.54) is 12.8 Å². The molecule has 2 heterocycles. The van der Waals surface area contributed by atoms with E-state index >= 15 is 0 Å². The predicted octanol–water partition coefficient (Wildman–Crippen LogP) is 1.05. The van der Waals surface area contributed by atoms with Crippen molar-refractivity contribution >= 4 is 0 Å². The van der Waals surface area contributed by atoms with Crippen LogP contribution in [-0.2, 0) is 6.54 Å². The molecular weight excluding hydrogens is 200 g/mol. The lowest BCUT2D eigenvalue weighted by molar-refractivity contribution is 0.188. The highest BCUT2D eigenvalue weighted by atomic mass is 15.2. The smallest absolute Gasteiger partial charge is 0.142 e. The average Bonchev–Trinajstić information content (AvgIpc) is 2.33. The molecule has 1 N–H and O–H groups in total. The molecule has 0 aromatic carbocycles. The Kier molecular flexibility index (Phi) is 4.25. The van der Waals surface area contributed by atoms with Gasteiger partial charge in [-0.3, -0.25) is 4.90 Å². The van der Waals surface area contributed by atoms with E-state index in [-0.39, 0.29) is 0 Å². The normalized spacial score (nSPS) is 18.8. The van der Waals surface area contributed by atoms with Gasteiger partial charge in [-0.2, -0.15) is 0 Å². The zero-order valence-electron chi connectivity index (χ0n) is 9.89. The summed E-state index contributed by atoms with van der Waals surface area (Å²) in [5.41, 5.74) is 0. The summed E-state index contributed by atoms with van der Waals surface area (Å²) in [6.45, 7) is 6.43. The summed E-state index contributed by atoms with van der Waals surface area (Å²) in [7, 11) is 0. The van der Waals surface area contributed by atoms with Crippen molar-refractivity contribution < 1.29 is 0 Å². The summed E-state index contributed by atoms with van der Waals surface area (Å²) in [6, 6.07) is 2.57. The van der Waals surface area contributed by atoms with Crippen molar-refractivity contribution in [1.82, 2.24) is 20.2 Å². The van der Waals surface area contributed by atoms with E-state index in [2.05, 4.69) is 27.1 Å². The third-order valence-corrected chi connectivity index (χ3v) is 3.06. The molecule has 0 amide bonds. The lowest BCUT2D eigenvalue weighted by Gasteiger charge is -2.31. The molecule has 0 aliphatic carbocycles. The molecule has 88 valence electrons. The van der Waals surface area contributed by atoms with Crippen molar-refractivity contribution in [2.45, 2.75) is 32.4 Å². The number of aromatic nitrogens is 2. The van der Waals surface area contributed by atoms with Gasteiger partial charge in [0.1, 0.15) is 5.82 Å². The minimum atomic E-state index is 0.706. The van der Waals surface area contributed by atoms with Gasteiger partial charge in [0.2, 0.25) is 0 Å². The molecule has 1 fully saturated rings. The van der Waals surface area contributed by atoms with Crippen LogP contribution in [0.3, 0.4) is 0 Å². The fraction of sp³-hybridized carbons (Fsp3) is 0.667. The summed E-state index contributed by atoms with van der Waals surface area (Å²) in [4.78, 5) is 11.0. The van der Waals surface area contributed by atoms with Crippen molar-refractivity contribution in [1.29, 1.82) is 0 Å². The molecule has 0 atom stereocenters. The largest absolute Gasteiger partial charge is 0.314 e. The molecule has 1 aliphatic rings. The summed E-state index contributed by atoms with van der Waals surface area (Å²) in [5.74, 6) is 0.935. The van der Waals surface area contributed by atoms with Crippen LogP contribution in [0.25, 0.3) is 0 Å². The van der Waals surface area contributed by atoms with Crippen LogP contribution in [0.5, 0.6) is 0 Å². The van der Waals surface area contributed by atoms with Gasteiger partial charge in [-0.15, -0.1) is 0 Å². The monoisotopic (exact) mass is 220 g/mol. The minimum Gasteiger partial charge on any atom is -0.314 e. The van der Waals surface area contributed by atoms with Crippen LogP contribution in [0, 0.1) is 0 Å². The second-order valence-corrected chi connectivity index (χ2v) is 4.27. The van der Waals surface area contributed by atoms with Gasteiger partial charge in [0.05, 0.1) is 6.54 Å². The number of nitrogens with zero attached hydrogens (tertiary/aromatic N) is 3. The van der Waals surface area contributed by atoms with Crippen molar-refractivity contribution in [3.63, 3.8) is 0 Å². The maximum Gasteiger partial charge on any atom is 0.142 e. The average molecular weight is 220 g/mol. The first kappa shape index (κ1) is 11.5. The number of hydrogen-bond donors (Lipinski definition) is 1. The van der Waals surface area contributed by atoms with Crippen LogP contribution in [0.4, 0.5) is 0 Å². The van der Waals surface area contributed by atoms with Crippen molar-refractivity contribution in [2.75, 3.05) is 19.6 Å². The Morgan fingerprint density at radius 2 is 2.00 bits per heavy atom. The first-order chi connectivity index (χ1) is 7.88. The van der Waals surface area contributed by atoms with Gasteiger partial charge in [0.25, 0.3) is 0 Å². The van der Waals surface area contributed by atoms with Crippen LogP contribution in [0.15, 0.2) is 18.5 Å². The zero-order valence-corrected chi connectivity index (χ0v) is 9.89. The van der Waals surface area contributed by atoms with Crippen LogP contribution >= 0.6 is 0 Å².